The predicted octanol–water partition coefficient (Wildman–Crippen LogP) is 0.232. The molecule has 18 heavy (non-hydrogen) atoms. The maximum absolute atomic E-state index is 12.2. The minimum Gasteiger partial charge on any atom is -0.395 e. The lowest BCUT2D eigenvalue weighted by molar-refractivity contribution is -0.133. The lowest BCUT2D eigenvalue weighted by atomic mass is 9.90. The zero-order chi connectivity index (χ0) is 13.4. The number of ether oxygens (including phenoxy) is 1. The van der Waals surface area contributed by atoms with Crippen molar-refractivity contribution in [2.75, 3.05) is 40.0 Å². The van der Waals surface area contributed by atoms with E-state index in [1.54, 1.807) is 12.0 Å². The minimum atomic E-state index is 0.00308. The number of aliphatic hydroxyl groups excluding tert-OH is 1. The molecular formula is C13H26N2O3. The summed E-state index contributed by atoms with van der Waals surface area (Å²) in [4.78, 5) is 13.9. The average molecular weight is 258 g/mol. The van der Waals surface area contributed by atoms with Gasteiger partial charge in [0.05, 0.1) is 13.2 Å². The largest absolute Gasteiger partial charge is 0.395 e. The standard InChI is InChI=1S/C13H26N2O3/c1-11-4-3-5-14-12(11)10-13(17)15(6-8-16)7-9-18-2/h11-12,14,16H,3-10H2,1-2H3. The Hall–Kier alpha value is -0.650. The van der Waals surface area contributed by atoms with Gasteiger partial charge in [-0.1, -0.05) is 6.92 Å². The van der Waals surface area contributed by atoms with Crippen molar-refractivity contribution in [1.29, 1.82) is 0 Å². The van der Waals surface area contributed by atoms with Crippen molar-refractivity contribution in [2.45, 2.75) is 32.2 Å². The van der Waals surface area contributed by atoms with E-state index in [9.17, 15) is 4.79 Å². The zero-order valence-corrected chi connectivity index (χ0v) is 11.5. The van der Waals surface area contributed by atoms with E-state index >= 15 is 0 Å². The molecule has 0 aromatic rings. The Kier molecular flexibility index (Phi) is 7.23. The molecule has 1 heterocycles. The SMILES string of the molecule is COCCN(CCO)C(=O)CC1NCCCC1C. The number of aliphatic hydroxyl groups is 1. The Balaban J connectivity index is 2.43. The number of methoxy groups -OCH3 is 1. The van der Waals surface area contributed by atoms with Crippen LogP contribution in [0.25, 0.3) is 0 Å². The van der Waals surface area contributed by atoms with Crippen molar-refractivity contribution in [3.8, 4) is 0 Å². The van der Waals surface area contributed by atoms with Crippen LogP contribution < -0.4 is 5.32 Å². The summed E-state index contributed by atoms with van der Waals surface area (Å²) < 4.78 is 4.99. The van der Waals surface area contributed by atoms with Gasteiger partial charge in [0.1, 0.15) is 0 Å². The molecule has 2 N–H and O–H groups in total. The van der Waals surface area contributed by atoms with Gasteiger partial charge in [-0.05, 0) is 25.3 Å². The van der Waals surface area contributed by atoms with Gasteiger partial charge >= 0.3 is 0 Å². The smallest absolute Gasteiger partial charge is 0.224 e. The summed E-state index contributed by atoms with van der Waals surface area (Å²) in [5, 5.41) is 12.4. The molecule has 5 nitrogen and oxygen atoms in total. The van der Waals surface area contributed by atoms with Crippen LogP contribution in [0, 0.1) is 5.92 Å². The van der Waals surface area contributed by atoms with Gasteiger partial charge in [-0.15, -0.1) is 0 Å². The Morgan fingerprint density at radius 2 is 2.28 bits per heavy atom. The number of nitrogens with one attached hydrogen (secondary N) is 1. The van der Waals surface area contributed by atoms with Crippen LogP contribution in [0.3, 0.4) is 0 Å². The first kappa shape index (κ1) is 15.4. The predicted molar refractivity (Wildman–Crippen MR) is 70.3 cm³/mol. The molecule has 0 spiro atoms. The molecule has 1 fully saturated rings. The monoisotopic (exact) mass is 258 g/mol. The molecule has 2 atom stereocenters. The number of hydrogen-bond donors (Lipinski definition) is 2. The van der Waals surface area contributed by atoms with Crippen LogP contribution in [0.2, 0.25) is 0 Å². The fourth-order valence-electron chi connectivity index (χ4n) is 2.39. The number of carbonyl (C=O) groups excluding carboxylic acids is 1. The molecule has 0 aliphatic carbocycles. The highest BCUT2D eigenvalue weighted by molar-refractivity contribution is 5.76. The Morgan fingerprint density at radius 3 is 2.89 bits per heavy atom. The molecule has 1 amide bonds. The highest BCUT2D eigenvalue weighted by Gasteiger charge is 2.25. The number of amides is 1. The van der Waals surface area contributed by atoms with Crippen molar-refractivity contribution < 1.29 is 14.6 Å². The average Bonchev–Trinajstić information content (AvgIpc) is 2.37. The summed E-state index contributed by atoms with van der Waals surface area (Å²) in [6.45, 7) is 4.65. The maximum Gasteiger partial charge on any atom is 0.224 e. The van der Waals surface area contributed by atoms with Gasteiger partial charge in [0.2, 0.25) is 5.91 Å². The lowest BCUT2D eigenvalue weighted by Gasteiger charge is -2.31. The van der Waals surface area contributed by atoms with Crippen LogP contribution in [-0.4, -0.2) is 61.9 Å². The number of nitrogens with zero attached hydrogens (tertiary/aromatic N) is 1. The second kappa shape index (κ2) is 8.45. The van der Waals surface area contributed by atoms with Crippen LogP contribution in [0.4, 0.5) is 0 Å². The van der Waals surface area contributed by atoms with Gasteiger partial charge < -0.3 is 20.1 Å². The summed E-state index contributed by atoms with van der Waals surface area (Å²) in [6, 6.07) is 0.273. The van der Waals surface area contributed by atoms with E-state index in [4.69, 9.17) is 9.84 Å². The molecule has 0 radical (unpaired) electrons. The van der Waals surface area contributed by atoms with E-state index in [1.165, 1.54) is 12.8 Å². The fraction of sp³-hybridized carbons (Fsp3) is 0.923. The van der Waals surface area contributed by atoms with E-state index in [-0.39, 0.29) is 18.6 Å². The van der Waals surface area contributed by atoms with Gasteiger partial charge in [-0.2, -0.15) is 0 Å². The van der Waals surface area contributed by atoms with Gasteiger partial charge in [-0.3, -0.25) is 4.79 Å². The molecule has 1 saturated heterocycles. The third-order valence-corrected chi connectivity index (χ3v) is 3.61. The second-order valence-electron chi connectivity index (χ2n) is 4.98. The van der Waals surface area contributed by atoms with Crippen molar-refractivity contribution in [3.63, 3.8) is 0 Å². The summed E-state index contributed by atoms with van der Waals surface area (Å²) in [7, 11) is 1.62. The lowest BCUT2D eigenvalue weighted by Crippen LogP contribution is -2.45. The van der Waals surface area contributed by atoms with Crippen molar-refractivity contribution in [3.05, 3.63) is 0 Å². The molecule has 0 aromatic heterocycles. The maximum atomic E-state index is 12.2. The van der Waals surface area contributed by atoms with Crippen LogP contribution >= 0.6 is 0 Å². The van der Waals surface area contributed by atoms with E-state index in [0.29, 0.717) is 32.0 Å². The van der Waals surface area contributed by atoms with E-state index < -0.39 is 0 Å². The third-order valence-electron chi connectivity index (χ3n) is 3.61. The van der Waals surface area contributed by atoms with E-state index in [2.05, 4.69) is 12.2 Å². The highest BCUT2D eigenvalue weighted by atomic mass is 16.5. The Labute approximate surface area is 109 Å². The summed E-state index contributed by atoms with van der Waals surface area (Å²) in [5.41, 5.74) is 0. The zero-order valence-electron chi connectivity index (χ0n) is 11.5. The Bertz CT molecular complexity index is 248. The fourth-order valence-corrected chi connectivity index (χ4v) is 2.39. The van der Waals surface area contributed by atoms with Crippen LogP contribution in [0.5, 0.6) is 0 Å². The topological polar surface area (TPSA) is 61.8 Å². The van der Waals surface area contributed by atoms with Crippen LogP contribution in [-0.2, 0) is 9.53 Å². The molecule has 2 unspecified atom stereocenters. The summed E-state index contributed by atoms with van der Waals surface area (Å²) in [5.74, 6) is 0.647. The second-order valence-corrected chi connectivity index (χ2v) is 4.98. The Morgan fingerprint density at radius 1 is 1.50 bits per heavy atom. The van der Waals surface area contributed by atoms with E-state index in [0.717, 1.165) is 6.54 Å². The molecule has 0 saturated carbocycles. The van der Waals surface area contributed by atoms with Crippen LogP contribution in [0.15, 0.2) is 0 Å². The number of hydrogen-bond acceptors (Lipinski definition) is 4. The van der Waals surface area contributed by atoms with Gasteiger partial charge in [0.15, 0.2) is 0 Å². The molecule has 0 aromatic carbocycles. The van der Waals surface area contributed by atoms with Crippen molar-refractivity contribution in [1.82, 2.24) is 10.2 Å². The number of carbonyl (C=O) groups is 1. The third kappa shape index (κ3) is 4.92. The number of rotatable bonds is 7. The summed E-state index contributed by atoms with van der Waals surface area (Å²) in [6.07, 6.45) is 2.89. The molecule has 5 heteroatoms. The molecule has 1 aliphatic rings. The first-order chi connectivity index (χ1) is 8.69. The van der Waals surface area contributed by atoms with Gasteiger partial charge in [0, 0.05) is 32.7 Å². The molecule has 106 valence electrons. The summed E-state index contributed by atoms with van der Waals surface area (Å²) >= 11 is 0. The molecular weight excluding hydrogens is 232 g/mol. The molecule has 1 rings (SSSR count). The first-order valence-corrected chi connectivity index (χ1v) is 6.80. The molecule has 0 bridgehead atoms. The quantitative estimate of drug-likeness (QED) is 0.686. The van der Waals surface area contributed by atoms with Crippen molar-refractivity contribution in [2.24, 2.45) is 5.92 Å². The minimum absolute atomic E-state index is 0.00308. The van der Waals surface area contributed by atoms with Gasteiger partial charge in [0.25, 0.3) is 0 Å². The van der Waals surface area contributed by atoms with Crippen LogP contribution in [0.1, 0.15) is 26.2 Å². The van der Waals surface area contributed by atoms with Crippen molar-refractivity contribution >= 4 is 5.91 Å². The number of piperidine rings is 1. The van der Waals surface area contributed by atoms with Gasteiger partial charge in [-0.25, -0.2) is 0 Å². The van der Waals surface area contributed by atoms with E-state index in [1.807, 2.05) is 0 Å². The molecule has 1 aliphatic heterocycles. The highest BCUT2D eigenvalue weighted by Crippen LogP contribution is 2.18. The normalized spacial score (nSPS) is 23.9. The first-order valence-electron chi connectivity index (χ1n) is 6.80.